The smallest absolute Gasteiger partial charge is 0.255 e. The molecule has 1 fully saturated rings. The largest absolute Gasteiger partial charge is 0.497 e. The van der Waals surface area contributed by atoms with Crippen LogP contribution in [0.25, 0.3) is 0 Å². The Morgan fingerprint density at radius 1 is 1.12 bits per heavy atom. The van der Waals surface area contributed by atoms with Crippen LogP contribution in [0.3, 0.4) is 0 Å². The van der Waals surface area contributed by atoms with Crippen molar-refractivity contribution in [2.75, 3.05) is 38.3 Å². The molecule has 34 heavy (non-hydrogen) atoms. The SMILES string of the molecule is COc1ccc(C(NC(=O)CCc2c(C)nc(N3CCOCC3)[nH]c2=O)c2ccccc2)cc1. The molecule has 1 aromatic heterocycles. The Bertz CT molecular complexity index is 1160. The molecule has 0 aliphatic carbocycles. The minimum absolute atomic E-state index is 0.138. The molecule has 2 N–H and O–H groups in total. The molecule has 0 spiro atoms. The van der Waals surface area contributed by atoms with Crippen LogP contribution >= 0.6 is 0 Å². The van der Waals surface area contributed by atoms with Gasteiger partial charge in [-0.2, -0.15) is 0 Å². The van der Waals surface area contributed by atoms with Gasteiger partial charge in [0, 0.05) is 30.8 Å². The lowest BCUT2D eigenvalue weighted by molar-refractivity contribution is -0.121. The fraction of sp³-hybridized carbons (Fsp3) is 0.346. The van der Waals surface area contributed by atoms with E-state index in [2.05, 4.69) is 15.3 Å². The van der Waals surface area contributed by atoms with Gasteiger partial charge in [-0.15, -0.1) is 0 Å². The number of H-pyrrole nitrogens is 1. The van der Waals surface area contributed by atoms with Crippen LogP contribution < -0.4 is 20.5 Å². The summed E-state index contributed by atoms with van der Waals surface area (Å²) in [4.78, 5) is 35.1. The maximum absolute atomic E-state index is 12.9. The standard InChI is InChI=1S/C26H30N4O4/c1-18-22(25(32)29-26(27-18)30-14-16-34-17-15-30)12-13-23(31)28-24(19-6-4-3-5-7-19)20-8-10-21(33-2)11-9-20/h3-11,24H,12-17H2,1-2H3,(H,28,31)(H,27,29,32). The summed E-state index contributed by atoms with van der Waals surface area (Å²) in [5.41, 5.74) is 2.91. The van der Waals surface area contributed by atoms with Gasteiger partial charge in [-0.05, 0) is 36.6 Å². The van der Waals surface area contributed by atoms with Crippen LogP contribution in [0.4, 0.5) is 5.95 Å². The Kier molecular flexibility index (Phi) is 7.59. The van der Waals surface area contributed by atoms with Crippen LogP contribution in [-0.4, -0.2) is 49.3 Å². The van der Waals surface area contributed by atoms with Gasteiger partial charge in [0.05, 0.1) is 26.4 Å². The molecule has 1 atom stereocenters. The van der Waals surface area contributed by atoms with E-state index in [0.29, 0.717) is 49.9 Å². The molecule has 8 nitrogen and oxygen atoms in total. The number of amides is 1. The number of carbonyl (C=O) groups excluding carboxylic acids is 1. The normalized spacial score (nSPS) is 14.5. The number of methoxy groups -OCH3 is 1. The number of anilines is 1. The number of carbonyl (C=O) groups is 1. The average Bonchev–Trinajstić information content (AvgIpc) is 2.88. The molecule has 1 amide bonds. The zero-order chi connectivity index (χ0) is 23.9. The highest BCUT2D eigenvalue weighted by Gasteiger charge is 2.19. The Morgan fingerprint density at radius 2 is 1.79 bits per heavy atom. The van der Waals surface area contributed by atoms with E-state index < -0.39 is 0 Å². The summed E-state index contributed by atoms with van der Waals surface area (Å²) in [6.45, 7) is 4.42. The first-order valence-corrected chi connectivity index (χ1v) is 11.5. The number of nitrogens with one attached hydrogen (secondary N) is 2. The lowest BCUT2D eigenvalue weighted by Crippen LogP contribution is -2.38. The number of hydrogen-bond donors (Lipinski definition) is 2. The minimum Gasteiger partial charge on any atom is -0.497 e. The monoisotopic (exact) mass is 462 g/mol. The van der Waals surface area contributed by atoms with Crippen molar-refractivity contribution in [1.29, 1.82) is 0 Å². The van der Waals surface area contributed by atoms with Crippen molar-refractivity contribution in [3.05, 3.63) is 87.3 Å². The predicted octanol–water partition coefficient (Wildman–Crippen LogP) is 2.76. The van der Waals surface area contributed by atoms with Gasteiger partial charge < -0.3 is 19.7 Å². The maximum atomic E-state index is 12.9. The van der Waals surface area contributed by atoms with Crippen molar-refractivity contribution in [2.24, 2.45) is 0 Å². The molecule has 0 bridgehead atoms. The van der Waals surface area contributed by atoms with Gasteiger partial charge in [-0.3, -0.25) is 14.6 Å². The maximum Gasteiger partial charge on any atom is 0.255 e. The summed E-state index contributed by atoms with van der Waals surface area (Å²) in [5.74, 6) is 1.17. The number of aryl methyl sites for hydroxylation is 1. The Balaban J connectivity index is 1.46. The third-order valence-electron chi connectivity index (χ3n) is 6.01. The van der Waals surface area contributed by atoms with Crippen molar-refractivity contribution in [3.8, 4) is 5.75 Å². The lowest BCUT2D eigenvalue weighted by atomic mass is 9.98. The van der Waals surface area contributed by atoms with E-state index in [1.807, 2.05) is 66.4 Å². The second kappa shape index (κ2) is 11.0. The van der Waals surface area contributed by atoms with Crippen LogP contribution in [0.1, 0.15) is 34.8 Å². The zero-order valence-electron chi connectivity index (χ0n) is 19.5. The van der Waals surface area contributed by atoms with E-state index in [-0.39, 0.29) is 23.9 Å². The van der Waals surface area contributed by atoms with Crippen LogP contribution in [0.5, 0.6) is 5.75 Å². The Labute approximate surface area is 198 Å². The van der Waals surface area contributed by atoms with Gasteiger partial charge in [0.1, 0.15) is 5.75 Å². The topological polar surface area (TPSA) is 96.5 Å². The summed E-state index contributed by atoms with van der Waals surface area (Å²) >= 11 is 0. The van der Waals surface area contributed by atoms with Gasteiger partial charge in [-0.25, -0.2) is 4.98 Å². The molecule has 1 aliphatic rings. The van der Waals surface area contributed by atoms with Gasteiger partial charge in [0.15, 0.2) is 0 Å². The highest BCUT2D eigenvalue weighted by molar-refractivity contribution is 5.77. The second-order valence-corrected chi connectivity index (χ2v) is 8.24. The quantitative estimate of drug-likeness (QED) is 0.534. The third kappa shape index (κ3) is 5.63. The van der Waals surface area contributed by atoms with Crippen molar-refractivity contribution < 1.29 is 14.3 Å². The van der Waals surface area contributed by atoms with E-state index in [0.717, 1.165) is 16.9 Å². The van der Waals surface area contributed by atoms with Crippen LogP contribution in [0, 0.1) is 6.92 Å². The van der Waals surface area contributed by atoms with E-state index in [1.165, 1.54) is 0 Å². The van der Waals surface area contributed by atoms with Crippen molar-refractivity contribution in [3.63, 3.8) is 0 Å². The molecule has 1 saturated heterocycles. The first-order chi connectivity index (χ1) is 16.5. The lowest BCUT2D eigenvalue weighted by Gasteiger charge is -2.27. The number of hydrogen-bond acceptors (Lipinski definition) is 6. The number of ether oxygens (including phenoxy) is 2. The number of aromatic amines is 1. The Morgan fingerprint density at radius 3 is 2.44 bits per heavy atom. The Hall–Kier alpha value is -3.65. The molecule has 3 aromatic rings. The molecule has 2 aromatic carbocycles. The number of rotatable bonds is 8. The molecule has 0 saturated carbocycles. The number of nitrogens with zero attached hydrogens (tertiary/aromatic N) is 2. The third-order valence-corrected chi connectivity index (χ3v) is 6.01. The molecular weight excluding hydrogens is 432 g/mol. The van der Waals surface area contributed by atoms with E-state index in [9.17, 15) is 9.59 Å². The van der Waals surface area contributed by atoms with Gasteiger partial charge in [0.25, 0.3) is 5.56 Å². The van der Waals surface area contributed by atoms with E-state index in [4.69, 9.17) is 9.47 Å². The minimum atomic E-state index is -0.305. The van der Waals surface area contributed by atoms with Crippen molar-refractivity contribution in [2.45, 2.75) is 25.8 Å². The summed E-state index contributed by atoms with van der Waals surface area (Å²) in [6.07, 6.45) is 0.496. The number of morpholine rings is 1. The zero-order valence-corrected chi connectivity index (χ0v) is 19.5. The van der Waals surface area contributed by atoms with Crippen LogP contribution in [0.2, 0.25) is 0 Å². The summed E-state index contributed by atoms with van der Waals surface area (Å²) in [5, 5.41) is 3.12. The summed E-state index contributed by atoms with van der Waals surface area (Å²) in [6, 6.07) is 17.1. The van der Waals surface area contributed by atoms with Gasteiger partial charge >= 0.3 is 0 Å². The van der Waals surface area contributed by atoms with E-state index in [1.54, 1.807) is 7.11 Å². The van der Waals surface area contributed by atoms with Gasteiger partial charge in [-0.1, -0.05) is 42.5 Å². The highest BCUT2D eigenvalue weighted by atomic mass is 16.5. The first kappa shape index (κ1) is 23.5. The van der Waals surface area contributed by atoms with Gasteiger partial charge in [0.2, 0.25) is 11.9 Å². The molecule has 1 unspecified atom stereocenters. The molecule has 0 radical (unpaired) electrons. The fourth-order valence-corrected chi connectivity index (χ4v) is 4.09. The molecule has 4 rings (SSSR count). The summed E-state index contributed by atoms with van der Waals surface area (Å²) < 4.78 is 10.6. The van der Waals surface area contributed by atoms with Crippen LogP contribution in [0.15, 0.2) is 59.4 Å². The molecular formula is C26H30N4O4. The number of aromatic nitrogens is 2. The highest BCUT2D eigenvalue weighted by Crippen LogP contribution is 2.24. The summed E-state index contributed by atoms with van der Waals surface area (Å²) in [7, 11) is 1.62. The first-order valence-electron chi connectivity index (χ1n) is 11.5. The second-order valence-electron chi connectivity index (χ2n) is 8.24. The predicted molar refractivity (Wildman–Crippen MR) is 130 cm³/mol. The average molecular weight is 463 g/mol. The molecule has 178 valence electrons. The molecule has 1 aliphatic heterocycles. The number of benzene rings is 2. The molecule has 8 heteroatoms. The van der Waals surface area contributed by atoms with Crippen molar-refractivity contribution in [1.82, 2.24) is 15.3 Å². The van der Waals surface area contributed by atoms with Crippen LogP contribution in [-0.2, 0) is 16.0 Å². The van der Waals surface area contributed by atoms with Crippen molar-refractivity contribution >= 4 is 11.9 Å². The van der Waals surface area contributed by atoms with E-state index >= 15 is 0 Å². The molecule has 2 heterocycles. The fourth-order valence-electron chi connectivity index (χ4n) is 4.09.